The summed E-state index contributed by atoms with van der Waals surface area (Å²) in [5.41, 5.74) is 0. The molecule has 0 radical (unpaired) electrons. The second-order valence-electron chi connectivity index (χ2n) is 19.5. The van der Waals surface area contributed by atoms with Crippen molar-refractivity contribution < 1.29 is 32.9 Å². The van der Waals surface area contributed by atoms with Gasteiger partial charge in [0.15, 0.2) is 0 Å². The Hall–Kier alpha value is -2.84. The van der Waals surface area contributed by atoms with Crippen LogP contribution >= 0.6 is 7.82 Å². The third kappa shape index (κ3) is 52.8. The number of allylic oxidation sites excluding steroid dienone is 17. The predicted molar refractivity (Wildman–Crippen MR) is 297 cm³/mol. The Morgan fingerprint density at radius 2 is 0.899 bits per heavy atom. The fraction of sp³-hybridized carbons (Fsp3) is 0.683. The topological polar surface area (TPSA) is 108 Å². The summed E-state index contributed by atoms with van der Waals surface area (Å²) < 4.78 is 23.3. The largest absolute Gasteiger partial charge is 0.756 e. The lowest BCUT2D eigenvalue weighted by Gasteiger charge is -2.29. The van der Waals surface area contributed by atoms with Crippen LogP contribution in [0.1, 0.15) is 213 Å². The Balaban J connectivity index is 4.30. The molecular weight excluding hydrogens is 876 g/mol. The van der Waals surface area contributed by atoms with Crippen LogP contribution in [-0.2, 0) is 18.4 Å². The molecule has 3 unspecified atom stereocenters. The quantitative estimate of drug-likeness (QED) is 0.0272. The summed E-state index contributed by atoms with van der Waals surface area (Å²) in [6, 6.07) is -0.920. The summed E-state index contributed by atoms with van der Waals surface area (Å²) in [7, 11) is 1.22. The number of aliphatic hydroxyl groups excluding tert-OH is 1. The molecule has 2 N–H and O–H groups in total. The Kier molecular flexibility index (Phi) is 48.1. The van der Waals surface area contributed by atoms with Crippen LogP contribution in [0.5, 0.6) is 0 Å². The number of nitrogens with one attached hydrogen (secondary N) is 1. The predicted octanol–water partition coefficient (Wildman–Crippen LogP) is 16.2. The molecule has 0 aliphatic carbocycles. The minimum absolute atomic E-state index is 0.0153. The molecule has 3 atom stereocenters. The minimum atomic E-state index is -4.62. The lowest BCUT2D eigenvalue weighted by molar-refractivity contribution is -0.870. The summed E-state index contributed by atoms with van der Waals surface area (Å²) in [4.78, 5) is 25.5. The maximum absolute atomic E-state index is 12.9. The highest BCUT2D eigenvalue weighted by Crippen LogP contribution is 2.38. The standard InChI is InChI=1S/C60H105N2O6P/c1-6-8-10-12-14-16-18-20-22-24-26-27-28-29-30-31-32-33-34-35-36-38-40-42-44-46-48-50-52-54-60(64)61-58(57-68-69(65,66)67-56-55-62(3,4)5)59(63)53-51-49-47-45-43-41-39-37-25-23-21-19-17-15-13-11-9-7-2/h8,10,14,16,20,22,25-27,29-30,32-33,37,43,45,51,53,58-59,63H,6-7,9,11-13,15,17-19,21,23-24,28,31,34-36,38-42,44,46-50,52,54-57H2,1-5H3,(H-,61,64,65,66)/b10-8-,16-14-,22-20-,27-26-,30-29-,33-32-,37-25+,45-43+,53-51+. The maximum Gasteiger partial charge on any atom is 0.268 e. The smallest absolute Gasteiger partial charge is 0.268 e. The van der Waals surface area contributed by atoms with Gasteiger partial charge in [-0.05, 0) is 96.3 Å². The second-order valence-corrected chi connectivity index (χ2v) is 20.9. The number of carbonyl (C=O) groups excluding carboxylic acids is 1. The molecular formula is C60H105N2O6P. The van der Waals surface area contributed by atoms with Crippen LogP contribution in [0.4, 0.5) is 0 Å². The van der Waals surface area contributed by atoms with Gasteiger partial charge in [-0.1, -0.05) is 220 Å². The molecule has 0 bridgehead atoms. The minimum Gasteiger partial charge on any atom is -0.756 e. The number of aliphatic hydroxyl groups is 1. The fourth-order valence-corrected chi connectivity index (χ4v) is 8.09. The van der Waals surface area contributed by atoms with Crippen LogP contribution in [0.3, 0.4) is 0 Å². The molecule has 0 aliphatic rings. The van der Waals surface area contributed by atoms with Crippen molar-refractivity contribution >= 4 is 13.7 Å². The summed E-state index contributed by atoms with van der Waals surface area (Å²) in [6.45, 7) is 4.49. The number of rotatable bonds is 49. The summed E-state index contributed by atoms with van der Waals surface area (Å²) in [5, 5.41) is 13.8. The van der Waals surface area contributed by atoms with E-state index < -0.39 is 26.6 Å². The van der Waals surface area contributed by atoms with E-state index in [9.17, 15) is 19.4 Å². The van der Waals surface area contributed by atoms with E-state index in [1.807, 2.05) is 27.2 Å². The molecule has 0 fully saturated rings. The highest BCUT2D eigenvalue weighted by molar-refractivity contribution is 7.45. The van der Waals surface area contributed by atoms with Crippen molar-refractivity contribution in [1.82, 2.24) is 5.32 Å². The van der Waals surface area contributed by atoms with Crippen molar-refractivity contribution in [3.8, 4) is 0 Å². The van der Waals surface area contributed by atoms with Crippen molar-refractivity contribution in [3.63, 3.8) is 0 Å². The van der Waals surface area contributed by atoms with Crippen LogP contribution in [0.15, 0.2) is 109 Å². The van der Waals surface area contributed by atoms with Crippen LogP contribution < -0.4 is 10.2 Å². The SMILES string of the molecule is CC/C=C\C/C=C\C/C=C\C/C=C\C/C=C\C/C=C\CCCCCCCCCCCCC(=O)NC(COP(=O)([O-])OCC[N+](C)(C)C)C(O)/C=C/CC/C=C/CC/C=C/CCCCCCCCCC. The monoisotopic (exact) mass is 981 g/mol. The first-order chi connectivity index (χ1) is 33.5. The maximum atomic E-state index is 12.9. The molecule has 69 heavy (non-hydrogen) atoms. The lowest BCUT2D eigenvalue weighted by atomic mass is 10.0. The number of likely N-dealkylation sites (N-methyl/N-ethyl adjacent to an activating group) is 1. The van der Waals surface area contributed by atoms with Crippen LogP contribution in [-0.4, -0.2) is 68.5 Å². The van der Waals surface area contributed by atoms with E-state index in [1.165, 1.54) is 103 Å². The van der Waals surface area contributed by atoms with Gasteiger partial charge in [0.1, 0.15) is 13.2 Å². The first-order valence-electron chi connectivity index (χ1n) is 27.7. The Morgan fingerprint density at radius 1 is 0.522 bits per heavy atom. The molecule has 9 heteroatoms. The highest BCUT2D eigenvalue weighted by Gasteiger charge is 2.23. The summed E-state index contributed by atoms with van der Waals surface area (Å²) in [5.74, 6) is -0.221. The third-order valence-electron chi connectivity index (χ3n) is 11.7. The van der Waals surface area contributed by atoms with E-state index >= 15 is 0 Å². The Labute approximate surface area is 425 Å². The van der Waals surface area contributed by atoms with Gasteiger partial charge in [0.05, 0.1) is 39.9 Å². The zero-order valence-corrected chi connectivity index (χ0v) is 45.9. The van der Waals surface area contributed by atoms with Gasteiger partial charge >= 0.3 is 0 Å². The molecule has 1 amide bonds. The number of hydrogen-bond donors (Lipinski definition) is 2. The number of amides is 1. The van der Waals surface area contributed by atoms with Crippen molar-refractivity contribution in [2.24, 2.45) is 0 Å². The molecule has 8 nitrogen and oxygen atoms in total. The van der Waals surface area contributed by atoms with Crippen LogP contribution in [0.25, 0.3) is 0 Å². The van der Waals surface area contributed by atoms with Crippen molar-refractivity contribution in [2.75, 3.05) is 40.9 Å². The van der Waals surface area contributed by atoms with Crippen LogP contribution in [0.2, 0.25) is 0 Å². The normalized spacial score (nSPS) is 14.8. The molecule has 0 aromatic heterocycles. The molecule has 0 heterocycles. The molecule has 0 rings (SSSR count). The zero-order valence-electron chi connectivity index (χ0n) is 45.0. The van der Waals surface area contributed by atoms with Gasteiger partial charge in [0.2, 0.25) is 5.91 Å². The van der Waals surface area contributed by atoms with Gasteiger partial charge in [0.25, 0.3) is 7.82 Å². The van der Waals surface area contributed by atoms with E-state index in [-0.39, 0.29) is 12.5 Å². The highest BCUT2D eigenvalue weighted by atomic mass is 31.2. The van der Waals surface area contributed by atoms with Gasteiger partial charge in [-0.25, -0.2) is 0 Å². The number of carbonyl (C=O) groups is 1. The van der Waals surface area contributed by atoms with Gasteiger partial charge in [0, 0.05) is 6.42 Å². The van der Waals surface area contributed by atoms with E-state index in [2.05, 4.69) is 116 Å². The molecule has 0 saturated heterocycles. The number of phosphoric ester groups is 1. The summed E-state index contributed by atoms with van der Waals surface area (Å²) >= 11 is 0. The van der Waals surface area contributed by atoms with Crippen molar-refractivity contribution in [3.05, 3.63) is 109 Å². The van der Waals surface area contributed by atoms with Gasteiger partial charge in [-0.2, -0.15) is 0 Å². The molecule has 0 saturated carbocycles. The average molecular weight is 981 g/mol. The first kappa shape index (κ1) is 66.2. The van der Waals surface area contributed by atoms with Crippen LogP contribution in [0, 0.1) is 0 Å². The number of phosphoric acid groups is 1. The van der Waals surface area contributed by atoms with E-state index in [4.69, 9.17) is 9.05 Å². The van der Waals surface area contributed by atoms with E-state index in [0.29, 0.717) is 17.4 Å². The van der Waals surface area contributed by atoms with E-state index in [0.717, 1.165) is 89.9 Å². The number of hydrogen-bond acceptors (Lipinski definition) is 6. The van der Waals surface area contributed by atoms with Gasteiger partial charge in [-0.15, -0.1) is 0 Å². The van der Waals surface area contributed by atoms with Crippen molar-refractivity contribution in [1.29, 1.82) is 0 Å². The van der Waals surface area contributed by atoms with Crippen molar-refractivity contribution in [2.45, 2.75) is 225 Å². The molecule has 0 aromatic carbocycles. The first-order valence-corrected chi connectivity index (χ1v) is 29.2. The Morgan fingerprint density at radius 3 is 1.35 bits per heavy atom. The molecule has 0 aliphatic heterocycles. The molecule has 0 spiro atoms. The number of nitrogens with zero attached hydrogens (tertiary/aromatic N) is 1. The lowest BCUT2D eigenvalue weighted by Crippen LogP contribution is -2.45. The number of unbranched alkanes of at least 4 members (excludes halogenated alkanes) is 20. The summed E-state index contributed by atoms with van der Waals surface area (Å²) in [6.07, 6.45) is 73.0. The molecule has 0 aromatic rings. The fourth-order valence-electron chi connectivity index (χ4n) is 7.36. The van der Waals surface area contributed by atoms with E-state index in [1.54, 1.807) is 6.08 Å². The Bertz CT molecular complexity index is 1490. The second kappa shape index (κ2) is 50.1. The van der Waals surface area contributed by atoms with Gasteiger partial charge in [-0.3, -0.25) is 9.36 Å². The molecule has 396 valence electrons. The zero-order chi connectivity index (χ0) is 50.6. The van der Waals surface area contributed by atoms with Gasteiger partial charge < -0.3 is 28.8 Å². The third-order valence-corrected chi connectivity index (χ3v) is 12.7. The number of quaternary nitrogens is 1. The average Bonchev–Trinajstić information content (AvgIpc) is 3.31.